The number of ether oxygens (including phenoxy) is 1. The van der Waals surface area contributed by atoms with Crippen molar-refractivity contribution in [2.24, 2.45) is 5.73 Å². The number of carbonyl (C=O) groups is 2. The van der Waals surface area contributed by atoms with Crippen molar-refractivity contribution < 1.29 is 18.7 Å². The number of primary amides is 1. The first kappa shape index (κ1) is 15.2. The summed E-state index contributed by atoms with van der Waals surface area (Å²) in [5.41, 5.74) is 11.6. The van der Waals surface area contributed by atoms with Crippen LogP contribution in [-0.2, 0) is 0 Å². The number of methoxy groups -OCH3 is 1. The maximum absolute atomic E-state index is 12.4. The van der Waals surface area contributed by atoms with Gasteiger partial charge in [-0.3, -0.25) is 14.6 Å². The zero-order chi connectivity index (χ0) is 17.3. The molecule has 3 aromatic rings. The molecule has 0 aliphatic rings. The second-order valence-electron chi connectivity index (χ2n) is 4.83. The van der Waals surface area contributed by atoms with E-state index in [0.717, 1.165) is 0 Å². The number of anilines is 2. The van der Waals surface area contributed by atoms with Crippen molar-refractivity contribution in [2.75, 3.05) is 18.2 Å². The number of rotatable bonds is 4. The van der Waals surface area contributed by atoms with Gasteiger partial charge in [-0.25, -0.2) is 0 Å². The minimum Gasteiger partial charge on any atom is -0.497 e. The Hall–Kier alpha value is -3.69. The Kier molecular flexibility index (Phi) is 3.70. The molecule has 1 aromatic carbocycles. The number of H-pyrrole nitrogens is 1. The van der Waals surface area contributed by atoms with Crippen molar-refractivity contribution in [1.29, 1.82) is 0 Å². The lowest BCUT2D eigenvalue weighted by Gasteiger charge is -2.05. The van der Waals surface area contributed by atoms with Gasteiger partial charge in [-0.15, -0.1) is 0 Å². The summed E-state index contributed by atoms with van der Waals surface area (Å²) < 4.78 is 6.43. The first-order valence-electron chi connectivity index (χ1n) is 6.81. The van der Waals surface area contributed by atoms with Crippen molar-refractivity contribution in [1.82, 2.24) is 15.2 Å². The van der Waals surface area contributed by atoms with Gasteiger partial charge in [0.1, 0.15) is 5.75 Å². The number of aromatic nitrogens is 4. The minimum atomic E-state index is -0.807. The molecule has 0 unspecified atom stereocenters. The van der Waals surface area contributed by atoms with Crippen LogP contribution in [0.25, 0.3) is 5.65 Å². The van der Waals surface area contributed by atoms with E-state index < -0.39 is 11.8 Å². The number of nitrogen functional groups attached to an aromatic ring is 1. The Morgan fingerprint density at radius 2 is 2.12 bits per heavy atom. The highest BCUT2D eigenvalue weighted by Crippen LogP contribution is 2.17. The molecule has 122 valence electrons. The standard InChI is InChI=1S/C14H13N7O3/c1-24-8-4-2-3-7(5-8)18-14(23)10-13-20-19-9(12(16)22)11(15)21(13)6-17-10/h2-6H,1H3,(H5,15,16,18,20,22,23)/p+1. The molecule has 3 rings (SSSR count). The number of imidazole rings is 1. The van der Waals surface area contributed by atoms with Gasteiger partial charge in [0.15, 0.2) is 6.33 Å². The molecule has 0 saturated carbocycles. The molecule has 10 nitrogen and oxygen atoms in total. The normalized spacial score (nSPS) is 10.5. The lowest BCUT2D eigenvalue weighted by molar-refractivity contribution is -0.498. The van der Waals surface area contributed by atoms with Gasteiger partial charge < -0.3 is 21.5 Å². The van der Waals surface area contributed by atoms with Crippen molar-refractivity contribution in [2.45, 2.75) is 0 Å². The Bertz CT molecular complexity index is 951. The minimum absolute atomic E-state index is 0.0100. The van der Waals surface area contributed by atoms with Gasteiger partial charge in [-0.2, -0.15) is 4.40 Å². The van der Waals surface area contributed by atoms with Crippen LogP contribution < -0.4 is 25.9 Å². The second-order valence-corrected chi connectivity index (χ2v) is 4.83. The van der Waals surface area contributed by atoms with Gasteiger partial charge in [0.2, 0.25) is 17.2 Å². The topological polar surface area (TPSA) is 153 Å². The molecule has 0 radical (unpaired) electrons. The number of aromatic amines is 1. The highest BCUT2D eigenvalue weighted by Gasteiger charge is 2.24. The summed E-state index contributed by atoms with van der Waals surface area (Å²) in [7, 11) is 1.53. The highest BCUT2D eigenvalue weighted by atomic mass is 16.5. The summed E-state index contributed by atoms with van der Waals surface area (Å²) in [5, 5.41) is 10.2. The van der Waals surface area contributed by atoms with Crippen LogP contribution in [0, 0.1) is 0 Å². The fourth-order valence-corrected chi connectivity index (χ4v) is 2.16. The molecular weight excluding hydrogens is 314 g/mol. The number of carbonyl (C=O) groups excluding carboxylic acids is 2. The van der Waals surface area contributed by atoms with Crippen LogP contribution in [0.1, 0.15) is 21.0 Å². The molecule has 0 atom stereocenters. The number of hydrogen-bond acceptors (Lipinski definition) is 6. The van der Waals surface area contributed by atoms with E-state index in [0.29, 0.717) is 11.4 Å². The molecule has 6 N–H and O–H groups in total. The fraction of sp³-hybridized carbons (Fsp3) is 0.0714. The maximum Gasteiger partial charge on any atom is 0.303 e. The fourth-order valence-electron chi connectivity index (χ4n) is 2.16. The molecule has 0 saturated heterocycles. The molecule has 0 aliphatic heterocycles. The zero-order valence-electron chi connectivity index (χ0n) is 12.6. The summed E-state index contributed by atoms with van der Waals surface area (Å²) >= 11 is 0. The number of nitrogens with two attached hydrogens (primary N) is 2. The summed E-state index contributed by atoms with van der Waals surface area (Å²) in [4.78, 5) is 26.4. The van der Waals surface area contributed by atoms with Crippen LogP contribution in [0.5, 0.6) is 5.75 Å². The Balaban J connectivity index is 1.96. The third-order valence-electron chi connectivity index (χ3n) is 3.32. The Morgan fingerprint density at radius 1 is 1.33 bits per heavy atom. The molecular formula is C14H14N7O3+. The molecule has 0 bridgehead atoms. The van der Waals surface area contributed by atoms with E-state index in [2.05, 4.69) is 20.5 Å². The van der Waals surface area contributed by atoms with Gasteiger partial charge in [0.25, 0.3) is 11.8 Å². The number of hydrogen-bond donors (Lipinski definition) is 4. The number of fused-ring (bicyclic) bond motifs is 1. The van der Waals surface area contributed by atoms with Crippen LogP contribution in [0.4, 0.5) is 11.5 Å². The average molecular weight is 328 g/mol. The molecule has 10 heteroatoms. The molecule has 2 aromatic heterocycles. The largest absolute Gasteiger partial charge is 0.497 e. The summed E-state index contributed by atoms with van der Waals surface area (Å²) in [5.74, 6) is -0.665. The monoisotopic (exact) mass is 328 g/mol. The number of nitrogens with one attached hydrogen (secondary N) is 2. The summed E-state index contributed by atoms with van der Waals surface area (Å²) in [6, 6.07) is 6.88. The van der Waals surface area contributed by atoms with E-state index >= 15 is 0 Å². The van der Waals surface area contributed by atoms with E-state index in [1.165, 1.54) is 17.8 Å². The average Bonchev–Trinajstić information content (AvgIpc) is 3.00. The van der Waals surface area contributed by atoms with E-state index in [4.69, 9.17) is 16.2 Å². The number of benzene rings is 1. The van der Waals surface area contributed by atoms with E-state index in [9.17, 15) is 9.59 Å². The molecule has 2 heterocycles. The molecule has 0 aliphatic carbocycles. The highest BCUT2D eigenvalue weighted by molar-refractivity contribution is 6.06. The van der Waals surface area contributed by atoms with Gasteiger partial charge >= 0.3 is 5.65 Å². The van der Waals surface area contributed by atoms with Crippen LogP contribution >= 0.6 is 0 Å². The lowest BCUT2D eigenvalue weighted by Crippen LogP contribution is -2.32. The summed E-state index contributed by atoms with van der Waals surface area (Å²) in [6.45, 7) is 0. The number of amides is 2. The molecule has 2 amide bonds. The van der Waals surface area contributed by atoms with Crippen LogP contribution in [0.15, 0.2) is 30.6 Å². The first-order chi connectivity index (χ1) is 11.5. The smallest absolute Gasteiger partial charge is 0.303 e. The molecule has 0 fully saturated rings. The van der Waals surface area contributed by atoms with E-state index in [1.807, 2.05) is 0 Å². The third-order valence-corrected chi connectivity index (χ3v) is 3.32. The van der Waals surface area contributed by atoms with Gasteiger partial charge in [0, 0.05) is 11.8 Å². The van der Waals surface area contributed by atoms with Crippen LogP contribution in [0.2, 0.25) is 0 Å². The summed E-state index contributed by atoms with van der Waals surface area (Å²) in [6.07, 6.45) is 1.40. The van der Waals surface area contributed by atoms with Crippen LogP contribution in [0.3, 0.4) is 0 Å². The first-order valence-corrected chi connectivity index (χ1v) is 6.81. The van der Waals surface area contributed by atoms with Gasteiger partial charge in [-0.1, -0.05) is 11.2 Å². The van der Waals surface area contributed by atoms with Gasteiger partial charge in [0.05, 0.1) is 7.11 Å². The predicted molar refractivity (Wildman–Crippen MR) is 83.4 cm³/mol. The van der Waals surface area contributed by atoms with Gasteiger partial charge in [-0.05, 0) is 17.2 Å². The Labute approximate surface area is 135 Å². The molecule has 0 spiro atoms. The quantitative estimate of drug-likeness (QED) is 0.473. The number of nitrogens with zero attached hydrogens (tertiary/aromatic N) is 3. The van der Waals surface area contributed by atoms with Crippen molar-refractivity contribution >= 4 is 29.0 Å². The molecule has 24 heavy (non-hydrogen) atoms. The maximum atomic E-state index is 12.4. The van der Waals surface area contributed by atoms with Crippen molar-refractivity contribution in [3.05, 3.63) is 42.0 Å². The second kappa shape index (κ2) is 5.83. The Morgan fingerprint density at radius 3 is 2.83 bits per heavy atom. The van der Waals surface area contributed by atoms with E-state index in [1.54, 1.807) is 24.3 Å². The SMILES string of the molecule is COc1cccc(NC(=O)c2[nH]c[n+]3c(N)c(C(N)=O)nnc23)c1. The van der Waals surface area contributed by atoms with E-state index in [-0.39, 0.29) is 22.9 Å². The predicted octanol–water partition coefficient (Wildman–Crippen LogP) is -0.515. The van der Waals surface area contributed by atoms with Crippen molar-refractivity contribution in [3.8, 4) is 5.75 Å². The zero-order valence-corrected chi connectivity index (χ0v) is 12.6. The lowest BCUT2D eigenvalue weighted by atomic mass is 10.3. The van der Waals surface area contributed by atoms with Crippen LogP contribution in [-0.4, -0.2) is 34.1 Å². The third kappa shape index (κ3) is 2.56. The van der Waals surface area contributed by atoms with Crippen molar-refractivity contribution in [3.63, 3.8) is 0 Å².